The van der Waals surface area contributed by atoms with Gasteiger partial charge < -0.3 is 5.73 Å². The first-order valence-electron chi connectivity index (χ1n) is 4.10. The largest absolute Gasteiger partial charge is 0.397 e. The normalized spacial score (nSPS) is 12.8. The molecule has 1 heterocycles. The first kappa shape index (κ1) is 9.39. The molecule has 1 aromatic heterocycles. The van der Waals surface area contributed by atoms with Crippen molar-refractivity contribution in [3.05, 3.63) is 18.3 Å². The maximum atomic E-state index is 5.52. The van der Waals surface area contributed by atoms with Crippen LogP contribution in [0.4, 0.5) is 5.69 Å². The second-order valence-corrected chi connectivity index (χ2v) is 4.23. The van der Waals surface area contributed by atoms with Gasteiger partial charge >= 0.3 is 0 Å². The van der Waals surface area contributed by atoms with E-state index in [2.05, 4.69) is 18.8 Å². The molecule has 3 heteroatoms. The Hall–Kier alpha value is -0.700. The fraction of sp³-hybridized carbons (Fsp3) is 0.444. The summed E-state index contributed by atoms with van der Waals surface area (Å²) in [6.45, 7) is 4.37. The molecule has 0 aliphatic carbocycles. The molecule has 0 spiro atoms. The molecule has 66 valence electrons. The Bertz CT molecular complexity index is 233. The van der Waals surface area contributed by atoms with Gasteiger partial charge in [-0.15, -0.1) is 11.8 Å². The predicted octanol–water partition coefficient (Wildman–Crippen LogP) is 2.55. The Balaban J connectivity index is 2.58. The van der Waals surface area contributed by atoms with Gasteiger partial charge in [-0.25, -0.2) is 4.98 Å². The minimum atomic E-state index is 0.626. The molecule has 2 nitrogen and oxygen atoms in total. The average Bonchev–Trinajstić information content (AvgIpc) is 2.09. The molecule has 2 N–H and O–H groups in total. The van der Waals surface area contributed by atoms with E-state index in [0.29, 0.717) is 5.25 Å². The molecular weight excluding hydrogens is 168 g/mol. The van der Waals surface area contributed by atoms with Gasteiger partial charge in [-0.3, -0.25) is 0 Å². The number of pyridine rings is 1. The first-order valence-corrected chi connectivity index (χ1v) is 4.98. The standard InChI is InChI=1S/C9H14N2S/c1-3-7(2)12-9-5-4-8(10)6-11-9/h4-7H,3,10H2,1-2H3. The lowest BCUT2D eigenvalue weighted by Crippen LogP contribution is -1.94. The number of nitrogens with two attached hydrogens (primary N) is 1. The summed E-state index contributed by atoms with van der Waals surface area (Å²) < 4.78 is 0. The highest BCUT2D eigenvalue weighted by Gasteiger charge is 2.01. The van der Waals surface area contributed by atoms with Gasteiger partial charge in [0.15, 0.2) is 0 Å². The Labute approximate surface area is 77.6 Å². The minimum absolute atomic E-state index is 0.626. The van der Waals surface area contributed by atoms with Crippen molar-refractivity contribution in [2.24, 2.45) is 0 Å². The molecule has 0 bridgehead atoms. The van der Waals surface area contributed by atoms with Crippen molar-refractivity contribution in [2.45, 2.75) is 30.5 Å². The molecule has 0 saturated heterocycles. The van der Waals surface area contributed by atoms with Gasteiger partial charge in [0.1, 0.15) is 0 Å². The number of rotatable bonds is 3. The molecule has 0 aliphatic heterocycles. The zero-order chi connectivity index (χ0) is 8.97. The predicted molar refractivity (Wildman–Crippen MR) is 54.3 cm³/mol. The number of nitrogens with zero attached hydrogens (tertiary/aromatic N) is 1. The zero-order valence-corrected chi connectivity index (χ0v) is 8.27. The van der Waals surface area contributed by atoms with Crippen LogP contribution in [0.15, 0.2) is 23.4 Å². The minimum Gasteiger partial charge on any atom is -0.397 e. The van der Waals surface area contributed by atoms with Gasteiger partial charge in [-0.2, -0.15) is 0 Å². The van der Waals surface area contributed by atoms with Crippen molar-refractivity contribution in [2.75, 3.05) is 5.73 Å². The fourth-order valence-electron chi connectivity index (χ4n) is 0.751. The second kappa shape index (κ2) is 4.36. The summed E-state index contributed by atoms with van der Waals surface area (Å²) in [6, 6.07) is 3.85. The molecule has 0 radical (unpaired) electrons. The summed E-state index contributed by atoms with van der Waals surface area (Å²) >= 11 is 1.79. The van der Waals surface area contributed by atoms with Crippen molar-refractivity contribution in [1.29, 1.82) is 0 Å². The topological polar surface area (TPSA) is 38.9 Å². The molecule has 1 aromatic rings. The number of aromatic nitrogens is 1. The Morgan fingerprint density at radius 1 is 1.58 bits per heavy atom. The van der Waals surface area contributed by atoms with Crippen LogP contribution in [0.25, 0.3) is 0 Å². The number of hydrogen-bond donors (Lipinski definition) is 1. The van der Waals surface area contributed by atoms with E-state index in [1.165, 1.54) is 0 Å². The van der Waals surface area contributed by atoms with Crippen LogP contribution < -0.4 is 5.73 Å². The summed E-state index contributed by atoms with van der Waals surface area (Å²) in [5, 5.41) is 1.68. The number of hydrogen-bond acceptors (Lipinski definition) is 3. The van der Waals surface area contributed by atoms with Crippen LogP contribution in [-0.4, -0.2) is 10.2 Å². The van der Waals surface area contributed by atoms with Crippen LogP contribution >= 0.6 is 11.8 Å². The van der Waals surface area contributed by atoms with Crippen molar-refractivity contribution >= 4 is 17.4 Å². The van der Waals surface area contributed by atoms with Gasteiger partial charge in [0.25, 0.3) is 0 Å². The second-order valence-electron chi connectivity index (χ2n) is 2.77. The molecule has 1 unspecified atom stereocenters. The number of anilines is 1. The highest BCUT2D eigenvalue weighted by Crippen LogP contribution is 2.22. The average molecular weight is 182 g/mol. The van der Waals surface area contributed by atoms with E-state index in [0.717, 1.165) is 17.1 Å². The Kier molecular flexibility index (Phi) is 3.41. The van der Waals surface area contributed by atoms with Gasteiger partial charge in [0.2, 0.25) is 0 Å². The van der Waals surface area contributed by atoms with E-state index in [4.69, 9.17) is 5.73 Å². The highest BCUT2D eigenvalue weighted by molar-refractivity contribution is 7.99. The SMILES string of the molecule is CCC(C)Sc1ccc(N)cn1. The summed E-state index contributed by atoms with van der Waals surface area (Å²) in [6.07, 6.45) is 2.86. The van der Waals surface area contributed by atoms with Gasteiger partial charge in [0, 0.05) is 5.25 Å². The summed E-state index contributed by atoms with van der Waals surface area (Å²) in [5.74, 6) is 0. The van der Waals surface area contributed by atoms with Gasteiger partial charge in [0.05, 0.1) is 16.9 Å². The number of thioether (sulfide) groups is 1. The van der Waals surface area contributed by atoms with Crippen LogP contribution in [0.1, 0.15) is 20.3 Å². The molecule has 12 heavy (non-hydrogen) atoms. The molecule has 1 rings (SSSR count). The van der Waals surface area contributed by atoms with E-state index in [1.54, 1.807) is 18.0 Å². The molecule has 0 aromatic carbocycles. The fourth-order valence-corrected chi connectivity index (χ4v) is 1.59. The van der Waals surface area contributed by atoms with Crippen LogP contribution in [0.2, 0.25) is 0 Å². The third-order valence-electron chi connectivity index (χ3n) is 1.66. The molecule has 1 atom stereocenters. The van der Waals surface area contributed by atoms with E-state index in [1.807, 2.05) is 12.1 Å². The summed E-state index contributed by atoms with van der Waals surface area (Å²) in [4.78, 5) is 4.20. The lowest BCUT2D eigenvalue weighted by molar-refractivity contribution is 0.901. The summed E-state index contributed by atoms with van der Waals surface area (Å²) in [5.41, 5.74) is 6.24. The van der Waals surface area contributed by atoms with Crippen LogP contribution in [-0.2, 0) is 0 Å². The number of nitrogen functional groups attached to an aromatic ring is 1. The highest BCUT2D eigenvalue weighted by atomic mass is 32.2. The maximum absolute atomic E-state index is 5.52. The van der Waals surface area contributed by atoms with Gasteiger partial charge in [-0.05, 0) is 18.6 Å². The quantitative estimate of drug-likeness (QED) is 0.730. The van der Waals surface area contributed by atoms with E-state index < -0.39 is 0 Å². The third kappa shape index (κ3) is 2.74. The van der Waals surface area contributed by atoms with Crippen molar-refractivity contribution in [1.82, 2.24) is 4.98 Å². The van der Waals surface area contributed by atoms with Crippen molar-refractivity contribution in [3.63, 3.8) is 0 Å². The van der Waals surface area contributed by atoms with Crippen molar-refractivity contribution < 1.29 is 0 Å². The smallest absolute Gasteiger partial charge is 0.0964 e. The molecular formula is C9H14N2S. The van der Waals surface area contributed by atoms with Crippen LogP contribution in [0.3, 0.4) is 0 Å². The zero-order valence-electron chi connectivity index (χ0n) is 7.45. The monoisotopic (exact) mass is 182 g/mol. The van der Waals surface area contributed by atoms with Crippen LogP contribution in [0.5, 0.6) is 0 Å². The maximum Gasteiger partial charge on any atom is 0.0964 e. The lowest BCUT2D eigenvalue weighted by atomic mass is 10.4. The van der Waals surface area contributed by atoms with E-state index in [9.17, 15) is 0 Å². The Morgan fingerprint density at radius 3 is 2.83 bits per heavy atom. The molecule has 0 fully saturated rings. The van der Waals surface area contributed by atoms with E-state index in [-0.39, 0.29) is 0 Å². The van der Waals surface area contributed by atoms with Crippen LogP contribution in [0, 0.1) is 0 Å². The molecule has 0 aliphatic rings. The first-order chi connectivity index (χ1) is 5.72. The molecule has 0 amide bonds. The van der Waals surface area contributed by atoms with Crippen molar-refractivity contribution in [3.8, 4) is 0 Å². The van der Waals surface area contributed by atoms with Gasteiger partial charge in [-0.1, -0.05) is 13.8 Å². The molecule has 0 saturated carbocycles. The van der Waals surface area contributed by atoms with E-state index >= 15 is 0 Å². The lowest BCUT2D eigenvalue weighted by Gasteiger charge is -2.06. The Morgan fingerprint density at radius 2 is 2.33 bits per heavy atom. The third-order valence-corrected chi connectivity index (χ3v) is 2.87. The summed E-state index contributed by atoms with van der Waals surface area (Å²) in [7, 11) is 0.